The van der Waals surface area contributed by atoms with Crippen LogP contribution >= 0.6 is 7.82 Å². The second-order valence-corrected chi connectivity index (χ2v) is 25.4. The fourth-order valence-corrected chi connectivity index (χ4v) is 10.6. The van der Waals surface area contributed by atoms with Gasteiger partial charge in [0.15, 0.2) is 0 Å². The van der Waals surface area contributed by atoms with Crippen LogP contribution in [0.1, 0.15) is 329 Å². The summed E-state index contributed by atoms with van der Waals surface area (Å²) in [5.74, 6) is -0.501. The minimum atomic E-state index is -4.45. The number of nitrogens with zero attached hydrogens (tertiary/aromatic N) is 1. The molecule has 10 heteroatoms. The number of hydrogen-bond acceptors (Lipinski definition) is 6. The largest absolute Gasteiger partial charge is 0.472 e. The minimum absolute atomic E-state index is 0.0407. The number of allylic oxidation sites excluding steroid dienone is 5. The lowest BCUT2D eigenvalue weighted by Crippen LogP contribution is -2.47. The monoisotopic (exact) mass is 1110 g/mol. The van der Waals surface area contributed by atoms with E-state index in [0.717, 1.165) is 77.0 Å². The fraction of sp³-hybridized carbons (Fsp3) is 0.881. The predicted molar refractivity (Wildman–Crippen MR) is 332 cm³/mol. The molecule has 0 radical (unpaired) electrons. The van der Waals surface area contributed by atoms with Gasteiger partial charge >= 0.3 is 13.8 Å². The summed E-state index contributed by atoms with van der Waals surface area (Å²) in [6.07, 6.45) is 70.0. The topological polar surface area (TPSA) is 111 Å². The minimum Gasteiger partial charge on any atom is -0.456 e. The van der Waals surface area contributed by atoms with Gasteiger partial charge in [-0.15, -0.1) is 0 Å². The Kier molecular flexibility index (Phi) is 56.1. The first-order chi connectivity index (χ1) is 37.4. The normalized spacial score (nSPS) is 13.8. The smallest absolute Gasteiger partial charge is 0.456 e. The van der Waals surface area contributed by atoms with E-state index in [4.69, 9.17) is 13.8 Å². The molecule has 0 aliphatic rings. The number of unbranched alkanes of at least 4 members (excludes halogenated alkanes) is 41. The number of rotatable bonds is 61. The second kappa shape index (κ2) is 57.5. The van der Waals surface area contributed by atoms with Crippen molar-refractivity contribution in [1.29, 1.82) is 0 Å². The Hall–Kier alpha value is -1.77. The molecule has 0 aromatic heterocycles. The molecule has 0 aromatic carbocycles. The third kappa shape index (κ3) is 58.7. The third-order valence-corrected chi connectivity index (χ3v) is 16.0. The van der Waals surface area contributed by atoms with Crippen LogP contribution in [0.5, 0.6) is 0 Å². The molecule has 0 spiro atoms. The molecule has 0 saturated heterocycles. The molecular formula is C67H130N2O7P+. The van der Waals surface area contributed by atoms with Crippen molar-refractivity contribution in [2.24, 2.45) is 0 Å². The Morgan fingerprint density at radius 3 is 1.10 bits per heavy atom. The first kappa shape index (κ1) is 75.2. The highest BCUT2D eigenvalue weighted by Crippen LogP contribution is 2.43. The van der Waals surface area contributed by atoms with Crippen LogP contribution in [0.15, 0.2) is 36.5 Å². The number of phosphoric acid groups is 1. The number of carbonyl (C=O) groups excluding carboxylic acids is 2. The maximum atomic E-state index is 13.6. The van der Waals surface area contributed by atoms with E-state index >= 15 is 0 Å². The van der Waals surface area contributed by atoms with Crippen LogP contribution < -0.4 is 5.32 Å². The Labute approximate surface area is 478 Å². The summed E-state index contributed by atoms with van der Waals surface area (Å²) in [6, 6.07) is -0.850. The third-order valence-electron chi connectivity index (χ3n) is 15.1. The number of amides is 1. The van der Waals surface area contributed by atoms with E-state index in [1.165, 1.54) is 218 Å². The first-order valence-corrected chi connectivity index (χ1v) is 34.8. The SMILES string of the molecule is CCCCCCCC/C=C/CCCCCCCCCCCCCCCC(=O)OC(/C=C\CCCCCCCCCCCC)C(COP(=O)(O)OCC[N+](C)(C)C)NC(=O)CCCCCCC/C=C/CCCCCCCCC. The number of hydrogen-bond donors (Lipinski definition) is 2. The molecule has 0 rings (SSSR count). The summed E-state index contributed by atoms with van der Waals surface area (Å²) in [4.78, 5) is 37.8. The zero-order valence-electron chi connectivity index (χ0n) is 52.0. The van der Waals surface area contributed by atoms with Crippen molar-refractivity contribution < 1.29 is 37.3 Å². The lowest BCUT2D eigenvalue weighted by atomic mass is 10.0. The van der Waals surface area contributed by atoms with Crippen LogP contribution in [0.3, 0.4) is 0 Å². The van der Waals surface area contributed by atoms with Crippen LogP contribution in [0.25, 0.3) is 0 Å². The van der Waals surface area contributed by atoms with E-state index in [9.17, 15) is 19.0 Å². The van der Waals surface area contributed by atoms with Gasteiger partial charge in [0.05, 0.1) is 33.8 Å². The van der Waals surface area contributed by atoms with Crippen molar-refractivity contribution in [3.63, 3.8) is 0 Å². The summed E-state index contributed by atoms with van der Waals surface area (Å²) >= 11 is 0. The summed E-state index contributed by atoms with van der Waals surface area (Å²) in [6.45, 7) is 7.04. The quantitative estimate of drug-likeness (QED) is 0.0205. The Bertz CT molecular complexity index is 1410. The Balaban J connectivity index is 5.12. The molecule has 0 aliphatic heterocycles. The molecular weight excluding hydrogens is 976 g/mol. The van der Waals surface area contributed by atoms with E-state index < -0.39 is 20.0 Å². The van der Waals surface area contributed by atoms with Gasteiger partial charge in [-0.2, -0.15) is 0 Å². The molecule has 0 saturated carbocycles. The van der Waals surface area contributed by atoms with Crippen molar-refractivity contribution in [1.82, 2.24) is 5.32 Å². The molecule has 9 nitrogen and oxygen atoms in total. The van der Waals surface area contributed by atoms with Crippen molar-refractivity contribution in [3.8, 4) is 0 Å². The Morgan fingerprint density at radius 1 is 0.442 bits per heavy atom. The first-order valence-electron chi connectivity index (χ1n) is 33.3. The molecule has 3 atom stereocenters. The highest BCUT2D eigenvalue weighted by molar-refractivity contribution is 7.47. The number of nitrogens with one attached hydrogen (secondary N) is 1. The van der Waals surface area contributed by atoms with E-state index in [2.05, 4.69) is 50.4 Å². The summed E-state index contributed by atoms with van der Waals surface area (Å²) in [7, 11) is 1.50. The van der Waals surface area contributed by atoms with E-state index in [1.807, 2.05) is 33.3 Å². The van der Waals surface area contributed by atoms with Gasteiger partial charge in [-0.05, 0) is 83.1 Å². The summed E-state index contributed by atoms with van der Waals surface area (Å²) in [5, 5.41) is 3.06. The summed E-state index contributed by atoms with van der Waals surface area (Å²) < 4.78 is 30.7. The number of quaternary nitrogens is 1. The van der Waals surface area contributed by atoms with Gasteiger partial charge < -0.3 is 19.4 Å². The van der Waals surface area contributed by atoms with Crippen molar-refractivity contribution >= 4 is 19.7 Å². The van der Waals surface area contributed by atoms with Gasteiger partial charge in [-0.3, -0.25) is 18.6 Å². The van der Waals surface area contributed by atoms with Crippen LogP contribution in [-0.2, 0) is 27.9 Å². The number of esters is 1. The zero-order chi connectivity index (χ0) is 56.4. The van der Waals surface area contributed by atoms with E-state index in [1.54, 1.807) is 0 Å². The molecule has 0 bridgehead atoms. The van der Waals surface area contributed by atoms with Gasteiger partial charge in [-0.25, -0.2) is 4.57 Å². The maximum absolute atomic E-state index is 13.6. The van der Waals surface area contributed by atoms with Crippen LogP contribution in [0, 0.1) is 0 Å². The van der Waals surface area contributed by atoms with E-state index in [0.29, 0.717) is 23.9 Å². The fourth-order valence-electron chi connectivity index (χ4n) is 9.87. The van der Waals surface area contributed by atoms with Gasteiger partial charge in [0.1, 0.15) is 19.3 Å². The highest BCUT2D eigenvalue weighted by Gasteiger charge is 2.30. The van der Waals surface area contributed by atoms with Gasteiger partial charge in [-0.1, -0.05) is 269 Å². The highest BCUT2D eigenvalue weighted by atomic mass is 31.2. The van der Waals surface area contributed by atoms with E-state index in [-0.39, 0.29) is 25.1 Å². The average molecular weight is 1110 g/mol. The van der Waals surface area contributed by atoms with Crippen molar-refractivity contribution in [3.05, 3.63) is 36.5 Å². The molecule has 0 aliphatic carbocycles. The van der Waals surface area contributed by atoms with Crippen LogP contribution in [-0.4, -0.2) is 74.3 Å². The van der Waals surface area contributed by atoms with Crippen molar-refractivity contribution in [2.45, 2.75) is 341 Å². The molecule has 0 fully saturated rings. The molecule has 0 heterocycles. The maximum Gasteiger partial charge on any atom is 0.472 e. The number of phosphoric ester groups is 1. The molecule has 1 amide bonds. The van der Waals surface area contributed by atoms with Crippen LogP contribution in [0.2, 0.25) is 0 Å². The van der Waals surface area contributed by atoms with Crippen LogP contribution in [0.4, 0.5) is 0 Å². The lowest BCUT2D eigenvalue weighted by molar-refractivity contribution is -0.870. The predicted octanol–water partition coefficient (Wildman–Crippen LogP) is 20.7. The molecule has 3 unspecified atom stereocenters. The molecule has 2 N–H and O–H groups in total. The standard InChI is InChI=1S/C67H129N2O7P/c1-7-10-13-16-19-22-25-28-30-32-33-34-35-36-37-38-40-42-45-48-51-54-57-60-67(71)76-65(58-55-52-49-46-43-27-24-21-18-15-12-9-3)64(63-75-77(72,73)74-62-61-69(4,5)6)68-66(70)59-56-53-50-47-44-41-39-31-29-26-23-20-17-14-11-8-2/h28,30-31,39,55,58,64-65H,7-27,29,32-38,40-54,56-57,59-63H2,1-6H3,(H-,68,70,72,73)/p+1/b30-28+,39-31+,58-55-. The molecule has 454 valence electrons. The summed E-state index contributed by atoms with van der Waals surface area (Å²) in [5.41, 5.74) is 0. The number of carbonyl (C=O) groups is 2. The zero-order valence-corrected chi connectivity index (χ0v) is 52.9. The molecule has 77 heavy (non-hydrogen) atoms. The average Bonchev–Trinajstić information content (AvgIpc) is 3.39. The van der Waals surface area contributed by atoms with Gasteiger partial charge in [0.25, 0.3) is 0 Å². The lowest BCUT2D eigenvalue weighted by Gasteiger charge is -2.27. The number of likely N-dealkylation sites (N-methyl/N-ethyl adjacent to an activating group) is 1. The molecule has 0 aromatic rings. The Morgan fingerprint density at radius 2 is 0.753 bits per heavy atom. The van der Waals surface area contributed by atoms with Gasteiger partial charge in [0, 0.05) is 12.8 Å². The number of ether oxygens (including phenoxy) is 1. The second-order valence-electron chi connectivity index (χ2n) is 24.0. The van der Waals surface area contributed by atoms with Gasteiger partial charge in [0.2, 0.25) is 5.91 Å². The van der Waals surface area contributed by atoms with Crippen molar-refractivity contribution in [2.75, 3.05) is 40.9 Å².